The Labute approximate surface area is 37.4 Å². The number of aliphatic hydroxyl groups excluding tert-OH is 2. The fourth-order valence-corrected chi connectivity index (χ4v) is 0. The van der Waals surface area contributed by atoms with Crippen LogP contribution in [0.2, 0.25) is 0 Å². The van der Waals surface area contributed by atoms with Crippen molar-refractivity contribution in [2.45, 2.75) is 13.2 Å². The van der Waals surface area contributed by atoms with Crippen LogP contribution in [0.4, 0.5) is 0 Å². The normalized spacial score (nSPS) is 11.5. The molecule has 0 aliphatic heterocycles. The Kier molecular flexibility index (Phi) is 13.7. The van der Waals surface area contributed by atoms with Gasteiger partial charge in [0.2, 0.25) is 0 Å². The molecular weight excluding hydrogens is 82.0 g/mol. The van der Waals surface area contributed by atoms with E-state index in [1.807, 2.05) is 0 Å². The molecule has 1 unspecified atom stereocenters. The predicted molar refractivity (Wildman–Crippen MR) is 24.0 cm³/mol. The van der Waals surface area contributed by atoms with Crippen LogP contribution in [0.25, 0.3) is 0 Å². The summed E-state index contributed by atoms with van der Waals surface area (Å²) in [6, 6.07) is 0. The van der Waals surface area contributed by atoms with Gasteiger partial charge >= 0.3 is 0 Å². The SMILES string of the molecule is CC(N)O.CO. The van der Waals surface area contributed by atoms with Crippen LogP contribution in [-0.4, -0.2) is 23.6 Å². The lowest BCUT2D eigenvalue weighted by Crippen LogP contribution is -2.11. The number of aliphatic hydroxyl groups is 2. The standard InChI is InChI=1S/C2H7NO.CH4O/c1-2(3)4;1-2/h2,4H,3H2,1H3;2H,1H3. The highest BCUT2D eigenvalue weighted by Gasteiger charge is 1.68. The Morgan fingerprint density at radius 1 is 1.50 bits per heavy atom. The molecule has 0 amide bonds. The first kappa shape index (κ1) is 9.30. The number of nitrogens with two attached hydrogens (primary N) is 1. The molecule has 0 aromatic heterocycles. The van der Waals surface area contributed by atoms with Crippen LogP contribution in [0.5, 0.6) is 0 Å². The Balaban J connectivity index is 0. The minimum Gasteiger partial charge on any atom is -0.400 e. The van der Waals surface area contributed by atoms with Crippen molar-refractivity contribution in [3.63, 3.8) is 0 Å². The highest BCUT2D eigenvalue weighted by atomic mass is 16.3. The first-order valence-electron chi connectivity index (χ1n) is 1.62. The van der Waals surface area contributed by atoms with Gasteiger partial charge in [0, 0.05) is 7.11 Å². The van der Waals surface area contributed by atoms with E-state index in [1.54, 1.807) is 0 Å². The number of rotatable bonds is 0. The smallest absolute Gasteiger partial charge is 0.0991 e. The molecule has 0 aromatic carbocycles. The highest BCUT2D eigenvalue weighted by Crippen LogP contribution is 1.50. The molecule has 4 N–H and O–H groups in total. The third-order valence-corrected chi connectivity index (χ3v) is 0. The summed E-state index contributed by atoms with van der Waals surface area (Å²) in [7, 11) is 1.00. The van der Waals surface area contributed by atoms with E-state index in [0.29, 0.717) is 0 Å². The molecule has 0 fully saturated rings. The Bertz CT molecular complexity index is 13.5. The van der Waals surface area contributed by atoms with Crippen molar-refractivity contribution in [1.29, 1.82) is 0 Å². The van der Waals surface area contributed by atoms with Gasteiger partial charge < -0.3 is 15.9 Å². The molecule has 3 heteroatoms. The average molecular weight is 93.1 g/mol. The summed E-state index contributed by atoms with van der Waals surface area (Å²) in [4.78, 5) is 0. The first-order valence-corrected chi connectivity index (χ1v) is 1.62. The van der Waals surface area contributed by atoms with Gasteiger partial charge in [-0.1, -0.05) is 0 Å². The van der Waals surface area contributed by atoms with Crippen molar-refractivity contribution < 1.29 is 10.2 Å². The number of hydrogen-bond donors (Lipinski definition) is 3. The second-order valence-corrected chi connectivity index (χ2v) is 0.741. The predicted octanol–water partition coefficient (Wildman–Crippen LogP) is -1.11. The zero-order chi connectivity index (χ0) is 5.58. The van der Waals surface area contributed by atoms with Gasteiger partial charge in [-0.3, -0.25) is 0 Å². The first-order chi connectivity index (χ1) is 2.73. The summed E-state index contributed by atoms with van der Waals surface area (Å²) < 4.78 is 0. The molecule has 0 rings (SSSR count). The third kappa shape index (κ3) is 2230. The molecule has 0 radical (unpaired) electrons. The van der Waals surface area contributed by atoms with E-state index < -0.39 is 6.23 Å². The molecule has 0 bridgehead atoms. The summed E-state index contributed by atoms with van der Waals surface area (Å²) in [6.07, 6.45) is -0.667. The molecular formula is C3H11NO2. The Hall–Kier alpha value is -0.120. The highest BCUT2D eigenvalue weighted by molar-refractivity contribution is 4.16. The number of hydrogen-bond acceptors (Lipinski definition) is 3. The molecule has 0 aliphatic carbocycles. The minimum atomic E-state index is -0.667. The zero-order valence-electron chi connectivity index (χ0n) is 4.05. The second-order valence-electron chi connectivity index (χ2n) is 0.741. The fourth-order valence-electron chi connectivity index (χ4n) is 0. The lowest BCUT2D eigenvalue weighted by Gasteiger charge is -1.82. The van der Waals surface area contributed by atoms with Crippen molar-refractivity contribution in [2.75, 3.05) is 7.11 Å². The Morgan fingerprint density at radius 3 is 1.50 bits per heavy atom. The van der Waals surface area contributed by atoms with Gasteiger partial charge in [0.15, 0.2) is 0 Å². The lowest BCUT2D eigenvalue weighted by atomic mass is 10.7. The second kappa shape index (κ2) is 8.86. The molecule has 0 aliphatic rings. The van der Waals surface area contributed by atoms with E-state index in [2.05, 4.69) is 5.73 Å². The molecule has 0 saturated carbocycles. The van der Waals surface area contributed by atoms with Gasteiger partial charge in [0.1, 0.15) is 0 Å². The molecule has 40 valence electrons. The van der Waals surface area contributed by atoms with Gasteiger partial charge in [-0.15, -0.1) is 0 Å². The summed E-state index contributed by atoms with van der Waals surface area (Å²) in [5.41, 5.74) is 4.67. The molecule has 0 spiro atoms. The van der Waals surface area contributed by atoms with E-state index in [1.165, 1.54) is 6.92 Å². The topological polar surface area (TPSA) is 66.5 Å². The fraction of sp³-hybridized carbons (Fsp3) is 1.00. The average Bonchev–Trinajstić information content (AvgIpc) is 1.41. The maximum atomic E-state index is 7.83. The van der Waals surface area contributed by atoms with Crippen LogP contribution in [0.15, 0.2) is 0 Å². The van der Waals surface area contributed by atoms with E-state index >= 15 is 0 Å². The molecule has 3 nitrogen and oxygen atoms in total. The summed E-state index contributed by atoms with van der Waals surface area (Å²) >= 11 is 0. The molecule has 0 heterocycles. The maximum Gasteiger partial charge on any atom is 0.0991 e. The van der Waals surface area contributed by atoms with Gasteiger partial charge in [-0.2, -0.15) is 0 Å². The van der Waals surface area contributed by atoms with Gasteiger partial charge in [-0.25, -0.2) is 0 Å². The van der Waals surface area contributed by atoms with Crippen LogP contribution in [0, 0.1) is 0 Å². The van der Waals surface area contributed by atoms with Crippen LogP contribution in [0.1, 0.15) is 6.92 Å². The van der Waals surface area contributed by atoms with Crippen LogP contribution in [0.3, 0.4) is 0 Å². The van der Waals surface area contributed by atoms with E-state index in [-0.39, 0.29) is 0 Å². The minimum absolute atomic E-state index is 0.667. The summed E-state index contributed by atoms with van der Waals surface area (Å²) in [6.45, 7) is 1.50. The molecule has 0 saturated heterocycles. The van der Waals surface area contributed by atoms with Crippen molar-refractivity contribution in [1.82, 2.24) is 0 Å². The largest absolute Gasteiger partial charge is 0.400 e. The van der Waals surface area contributed by atoms with E-state index in [4.69, 9.17) is 10.2 Å². The van der Waals surface area contributed by atoms with Crippen molar-refractivity contribution in [3.8, 4) is 0 Å². The van der Waals surface area contributed by atoms with Gasteiger partial charge in [0.25, 0.3) is 0 Å². The molecule has 6 heavy (non-hydrogen) atoms. The summed E-state index contributed by atoms with van der Waals surface area (Å²) in [5, 5.41) is 14.8. The van der Waals surface area contributed by atoms with Gasteiger partial charge in [-0.05, 0) is 6.92 Å². The van der Waals surface area contributed by atoms with Crippen molar-refractivity contribution in [3.05, 3.63) is 0 Å². The van der Waals surface area contributed by atoms with Crippen LogP contribution in [-0.2, 0) is 0 Å². The van der Waals surface area contributed by atoms with Crippen molar-refractivity contribution >= 4 is 0 Å². The monoisotopic (exact) mass is 93.1 g/mol. The Morgan fingerprint density at radius 2 is 1.50 bits per heavy atom. The molecule has 0 aromatic rings. The summed E-state index contributed by atoms with van der Waals surface area (Å²) in [5.74, 6) is 0. The van der Waals surface area contributed by atoms with Crippen molar-refractivity contribution in [2.24, 2.45) is 5.73 Å². The van der Waals surface area contributed by atoms with E-state index in [9.17, 15) is 0 Å². The van der Waals surface area contributed by atoms with E-state index in [0.717, 1.165) is 7.11 Å². The maximum absolute atomic E-state index is 7.83. The zero-order valence-corrected chi connectivity index (χ0v) is 4.05. The molecule has 1 atom stereocenters. The lowest BCUT2D eigenvalue weighted by molar-refractivity contribution is 0.203. The van der Waals surface area contributed by atoms with Crippen LogP contribution >= 0.6 is 0 Å². The van der Waals surface area contributed by atoms with Gasteiger partial charge in [0.05, 0.1) is 6.23 Å². The van der Waals surface area contributed by atoms with Crippen LogP contribution < -0.4 is 5.73 Å². The third-order valence-electron chi connectivity index (χ3n) is 0. The quantitative estimate of drug-likeness (QED) is 0.333.